The van der Waals surface area contributed by atoms with Crippen molar-refractivity contribution in [3.8, 4) is 0 Å². The molecule has 0 spiro atoms. The van der Waals surface area contributed by atoms with Crippen LogP contribution in [0.4, 0.5) is 5.69 Å². The van der Waals surface area contributed by atoms with Crippen LogP contribution in [0.2, 0.25) is 0 Å². The fraction of sp³-hybridized carbons (Fsp3) is 0.273. The Morgan fingerprint density at radius 1 is 1.42 bits per heavy atom. The number of primary amides is 1. The predicted molar refractivity (Wildman–Crippen MR) is 68.8 cm³/mol. The van der Waals surface area contributed by atoms with Crippen LogP contribution in [0, 0.1) is 0 Å². The number of carbonyl (C=O) groups excluding carboxylic acids is 1. The maximum atomic E-state index is 11.2. The summed E-state index contributed by atoms with van der Waals surface area (Å²) >= 11 is -2.13. The molecule has 1 aromatic rings. The number of carbonyl (C=O) groups is 2. The van der Waals surface area contributed by atoms with Gasteiger partial charge in [0.25, 0.3) is 5.91 Å². The molecule has 0 saturated carbocycles. The van der Waals surface area contributed by atoms with Crippen molar-refractivity contribution in [3.63, 3.8) is 0 Å². The maximum absolute atomic E-state index is 11.2. The average Bonchev–Trinajstić information content (AvgIpc) is 2.33. The van der Waals surface area contributed by atoms with Crippen molar-refractivity contribution >= 4 is 28.6 Å². The molecule has 1 amide bonds. The highest BCUT2D eigenvalue weighted by atomic mass is 32.2. The number of carboxylic acid groups (broad SMARTS) is 1. The first-order chi connectivity index (χ1) is 8.91. The number of aromatic carboxylic acids is 1. The van der Waals surface area contributed by atoms with Gasteiger partial charge in [-0.2, -0.15) is 0 Å². The fourth-order valence-electron chi connectivity index (χ4n) is 1.45. The molecule has 0 saturated heterocycles. The Hall–Kier alpha value is -1.93. The van der Waals surface area contributed by atoms with E-state index >= 15 is 0 Å². The Bertz CT molecular complexity index is 518. The second-order valence-electron chi connectivity index (χ2n) is 3.72. The van der Waals surface area contributed by atoms with Crippen molar-refractivity contribution in [2.24, 2.45) is 5.73 Å². The SMILES string of the molecule is NC(=O)c1ccc(C(=O)O)cc1NCCCS(=O)[O-]. The molecule has 7 nitrogen and oxygen atoms in total. The van der Waals surface area contributed by atoms with Crippen LogP contribution in [-0.2, 0) is 11.1 Å². The number of rotatable bonds is 7. The summed E-state index contributed by atoms with van der Waals surface area (Å²) in [4.78, 5) is 22.0. The summed E-state index contributed by atoms with van der Waals surface area (Å²) in [6, 6.07) is 3.89. The van der Waals surface area contributed by atoms with E-state index in [0.29, 0.717) is 6.42 Å². The number of amides is 1. The van der Waals surface area contributed by atoms with E-state index in [0.717, 1.165) is 0 Å². The van der Waals surface area contributed by atoms with E-state index in [1.807, 2.05) is 0 Å². The lowest BCUT2D eigenvalue weighted by molar-refractivity contribution is 0.0696. The van der Waals surface area contributed by atoms with Gasteiger partial charge >= 0.3 is 5.97 Å². The molecule has 0 aromatic heterocycles. The summed E-state index contributed by atoms with van der Waals surface area (Å²) in [5.74, 6) is -1.83. The van der Waals surface area contributed by atoms with Crippen molar-refractivity contribution in [2.75, 3.05) is 17.6 Å². The van der Waals surface area contributed by atoms with E-state index in [9.17, 15) is 18.4 Å². The molecule has 19 heavy (non-hydrogen) atoms. The van der Waals surface area contributed by atoms with Gasteiger partial charge in [0.15, 0.2) is 0 Å². The number of hydrogen-bond donors (Lipinski definition) is 3. The first-order valence-electron chi connectivity index (χ1n) is 5.38. The Morgan fingerprint density at radius 3 is 2.63 bits per heavy atom. The van der Waals surface area contributed by atoms with Crippen molar-refractivity contribution in [1.29, 1.82) is 0 Å². The van der Waals surface area contributed by atoms with Crippen LogP contribution in [0.3, 0.4) is 0 Å². The van der Waals surface area contributed by atoms with E-state index in [2.05, 4.69) is 5.32 Å². The van der Waals surface area contributed by atoms with E-state index in [1.165, 1.54) is 18.2 Å². The highest BCUT2D eigenvalue weighted by Crippen LogP contribution is 2.17. The van der Waals surface area contributed by atoms with Crippen LogP contribution in [0.5, 0.6) is 0 Å². The van der Waals surface area contributed by atoms with Crippen LogP contribution in [0.25, 0.3) is 0 Å². The smallest absolute Gasteiger partial charge is 0.335 e. The lowest BCUT2D eigenvalue weighted by Crippen LogP contribution is -2.16. The van der Waals surface area contributed by atoms with E-state index in [1.54, 1.807) is 0 Å². The molecule has 0 aliphatic heterocycles. The minimum absolute atomic E-state index is 0.0138. The van der Waals surface area contributed by atoms with Crippen molar-refractivity contribution in [3.05, 3.63) is 29.3 Å². The topological polar surface area (TPSA) is 133 Å². The summed E-state index contributed by atoms with van der Waals surface area (Å²) in [7, 11) is 0. The quantitative estimate of drug-likeness (QED) is 0.483. The first kappa shape index (κ1) is 15.1. The Kier molecular flexibility index (Phi) is 5.46. The molecular formula is C11H13N2O5S-. The summed E-state index contributed by atoms with van der Waals surface area (Å²) < 4.78 is 20.7. The number of carboxylic acids is 1. The van der Waals surface area contributed by atoms with E-state index < -0.39 is 23.0 Å². The zero-order chi connectivity index (χ0) is 14.4. The molecule has 104 valence electrons. The number of nitrogens with one attached hydrogen (secondary N) is 1. The second-order valence-corrected chi connectivity index (χ2v) is 4.73. The molecule has 0 aliphatic rings. The minimum Gasteiger partial charge on any atom is -0.772 e. The Balaban J connectivity index is 2.82. The molecule has 0 aliphatic carbocycles. The van der Waals surface area contributed by atoms with Gasteiger partial charge in [-0.25, -0.2) is 4.79 Å². The largest absolute Gasteiger partial charge is 0.772 e. The zero-order valence-electron chi connectivity index (χ0n) is 9.92. The predicted octanol–water partition coefficient (Wildman–Crippen LogP) is 0.165. The molecule has 1 atom stereocenters. The van der Waals surface area contributed by atoms with Crippen molar-refractivity contribution in [1.82, 2.24) is 0 Å². The monoisotopic (exact) mass is 285 g/mol. The van der Waals surface area contributed by atoms with Crippen LogP contribution in [0.1, 0.15) is 27.1 Å². The summed E-state index contributed by atoms with van der Waals surface area (Å²) in [5, 5.41) is 11.7. The van der Waals surface area contributed by atoms with Crippen molar-refractivity contribution in [2.45, 2.75) is 6.42 Å². The number of anilines is 1. The van der Waals surface area contributed by atoms with Crippen LogP contribution >= 0.6 is 0 Å². The first-order valence-corrected chi connectivity index (χ1v) is 6.63. The molecule has 1 rings (SSSR count). The highest BCUT2D eigenvalue weighted by molar-refractivity contribution is 7.79. The molecule has 0 radical (unpaired) electrons. The molecular weight excluding hydrogens is 272 g/mol. The minimum atomic E-state index is -2.13. The highest BCUT2D eigenvalue weighted by Gasteiger charge is 2.11. The summed E-state index contributed by atoms with van der Waals surface area (Å²) in [6.45, 7) is 0.289. The van der Waals surface area contributed by atoms with Crippen molar-refractivity contribution < 1.29 is 23.5 Å². The fourth-order valence-corrected chi connectivity index (χ4v) is 1.83. The number of nitrogens with two attached hydrogens (primary N) is 1. The average molecular weight is 285 g/mol. The Labute approximate surface area is 112 Å². The van der Waals surface area contributed by atoms with Gasteiger partial charge in [0.05, 0.1) is 11.1 Å². The maximum Gasteiger partial charge on any atom is 0.335 e. The van der Waals surface area contributed by atoms with E-state index in [4.69, 9.17) is 10.8 Å². The van der Waals surface area contributed by atoms with E-state index in [-0.39, 0.29) is 29.1 Å². The van der Waals surface area contributed by atoms with Gasteiger partial charge in [-0.1, -0.05) is 11.1 Å². The van der Waals surface area contributed by atoms with Crippen LogP contribution < -0.4 is 11.1 Å². The van der Waals surface area contributed by atoms with Crippen LogP contribution in [0.15, 0.2) is 18.2 Å². The Morgan fingerprint density at radius 2 is 2.11 bits per heavy atom. The van der Waals surface area contributed by atoms with Gasteiger partial charge in [-0.15, -0.1) is 0 Å². The molecule has 1 unspecified atom stereocenters. The van der Waals surface area contributed by atoms with Gasteiger partial charge in [0, 0.05) is 18.0 Å². The molecule has 0 heterocycles. The molecule has 4 N–H and O–H groups in total. The van der Waals surface area contributed by atoms with Crippen LogP contribution in [-0.4, -0.2) is 38.0 Å². The van der Waals surface area contributed by atoms with Gasteiger partial charge in [-0.05, 0) is 24.6 Å². The summed E-state index contributed by atoms with van der Waals surface area (Å²) in [5.41, 5.74) is 5.62. The van der Waals surface area contributed by atoms with Gasteiger partial charge < -0.3 is 20.7 Å². The normalized spacial score (nSPS) is 11.8. The third kappa shape index (κ3) is 4.68. The molecule has 8 heteroatoms. The van der Waals surface area contributed by atoms with Gasteiger partial charge in [0.1, 0.15) is 0 Å². The standard InChI is InChI=1S/C11H14N2O5S/c12-10(14)8-3-2-7(11(15)16)6-9(8)13-4-1-5-19(17)18/h2-3,6,13H,1,4-5H2,(H2,12,14)(H,15,16)(H,17,18)/p-1. The molecule has 0 fully saturated rings. The second kappa shape index (κ2) is 6.86. The lowest BCUT2D eigenvalue weighted by atomic mass is 10.1. The van der Waals surface area contributed by atoms with Gasteiger partial charge in [-0.3, -0.25) is 9.00 Å². The number of hydrogen-bond acceptors (Lipinski definition) is 5. The molecule has 1 aromatic carbocycles. The van der Waals surface area contributed by atoms with Gasteiger partial charge in [0.2, 0.25) is 0 Å². The third-order valence-corrected chi connectivity index (χ3v) is 2.96. The zero-order valence-corrected chi connectivity index (χ0v) is 10.7. The summed E-state index contributed by atoms with van der Waals surface area (Å²) in [6.07, 6.45) is 0.339. The molecule has 0 bridgehead atoms. The lowest BCUT2D eigenvalue weighted by Gasteiger charge is -2.11. The third-order valence-electron chi connectivity index (χ3n) is 2.34. The number of benzene rings is 1.